The fourth-order valence-corrected chi connectivity index (χ4v) is 9.50. The molecule has 0 spiro atoms. The second-order valence-corrected chi connectivity index (χ2v) is 13.7. The van der Waals surface area contributed by atoms with Crippen molar-refractivity contribution in [1.29, 1.82) is 0 Å². The predicted molar refractivity (Wildman–Crippen MR) is 134 cm³/mol. The van der Waals surface area contributed by atoms with Crippen molar-refractivity contribution >= 4 is 0 Å². The zero-order valence-corrected chi connectivity index (χ0v) is 22.0. The summed E-state index contributed by atoms with van der Waals surface area (Å²) in [6.45, 7) is 20.8. The number of rotatable bonds is 5. The van der Waals surface area contributed by atoms with E-state index in [0.29, 0.717) is 28.1 Å². The lowest BCUT2D eigenvalue weighted by Gasteiger charge is -2.66. The summed E-state index contributed by atoms with van der Waals surface area (Å²) in [6.07, 6.45) is 12.7. The lowest BCUT2D eigenvalue weighted by atomic mass is 9.39. The van der Waals surface area contributed by atoms with Crippen molar-refractivity contribution in [2.24, 2.45) is 45.3 Å². The molecular formula is C30H50O2. The van der Waals surface area contributed by atoms with Crippen molar-refractivity contribution < 1.29 is 10.2 Å². The van der Waals surface area contributed by atoms with Gasteiger partial charge in [0.2, 0.25) is 0 Å². The van der Waals surface area contributed by atoms with E-state index in [9.17, 15) is 10.2 Å². The summed E-state index contributed by atoms with van der Waals surface area (Å²) in [5.74, 6) is 2.79. The maximum absolute atomic E-state index is 10.8. The molecule has 0 aromatic rings. The minimum absolute atomic E-state index is 0.0740. The molecular weight excluding hydrogens is 392 g/mol. The van der Waals surface area contributed by atoms with E-state index in [1.54, 1.807) is 5.57 Å². The van der Waals surface area contributed by atoms with Crippen LogP contribution in [0.3, 0.4) is 0 Å². The number of allylic oxidation sites excluding steroid dienone is 1. The number of aliphatic hydroxyl groups is 2. The molecule has 0 radical (unpaired) electrons. The fourth-order valence-electron chi connectivity index (χ4n) is 9.50. The molecule has 9 atom stereocenters. The normalized spacial score (nSPS) is 47.0. The maximum atomic E-state index is 10.8. The predicted octanol–water partition coefficient (Wildman–Crippen LogP) is 7.31. The third kappa shape index (κ3) is 3.33. The van der Waals surface area contributed by atoms with Crippen LogP contribution in [-0.4, -0.2) is 22.4 Å². The van der Waals surface area contributed by atoms with Gasteiger partial charge in [-0.15, -0.1) is 0 Å². The average Bonchev–Trinajstić information content (AvgIpc) is 3.00. The summed E-state index contributed by atoms with van der Waals surface area (Å²) >= 11 is 0. The van der Waals surface area contributed by atoms with Crippen LogP contribution in [0.2, 0.25) is 0 Å². The van der Waals surface area contributed by atoms with Gasteiger partial charge in [0.05, 0.1) is 12.2 Å². The van der Waals surface area contributed by atoms with E-state index in [0.717, 1.165) is 43.1 Å². The van der Waals surface area contributed by atoms with Crippen LogP contribution in [0.5, 0.6) is 0 Å². The zero-order valence-electron chi connectivity index (χ0n) is 22.0. The lowest BCUT2D eigenvalue weighted by molar-refractivity contribution is -0.145. The summed E-state index contributed by atoms with van der Waals surface area (Å²) in [4.78, 5) is 0. The van der Waals surface area contributed by atoms with Crippen molar-refractivity contribution in [3.8, 4) is 0 Å². The molecule has 4 aliphatic rings. The third-order valence-electron chi connectivity index (χ3n) is 12.0. The quantitative estimate of drug-likeness (QED) is 0.438. The Hall–Kier alpha value is -0.600. The Balaban J connectivity index is 1.60. The molecule has 4 aliphatic carbocycles. The van der Waals surface area contributed by atoms with Gasteiger partial charge in [-0.2, -0.15) is 0 Å². The molecule has 1 unspecified atom stereocenters. The average molecular weight is 443 g/mol. The van der Waals surface area contributed by atoms with Gasteiger partial charge in [0.1, 0.15) is 0 Å². The Bertz CT molecular complexity index is 780. The first kappa shape index (κ1) is 24.5. The van der Waals surface area contributed by atoms with Crippen LogP contribution in [0, 0.1) is 45.3 Å². The molecule has 0 aliphatic heterocycles. The van der Waals surface area contributed by atoms with Gasteiger partial charge in [-0.25, -0.2) is 0 Å². The van der Waals surface area contributed by atoms with Gasteiger partial charge in [0, 0.05) is 5.41 Å². The van der Waals surface area contributed by atoms with Gasteiger partial charge in [0.15, 0.2) is 0 Å². The third-order valence-corrected chi connectivity index (χ3v) is 12.0. The smallest absolute Gasteiger partial charge is 0.0744 e. The number of hydrogen-bond donors (Lipinski definition) is 2. The van der Waals surface area contributed by atoms with Crippen molar-refractivity contribution in [2.75, 3.05) is 0 Å². The van der Waals surface area contributed by atoms with Crippen LogP contribution in [0.4, 0.5) is 0 Å². The largest absolute Gasteiger partial charge is 0.392 e. The van der Waals surface area contributed by atoms with Crippen molar-refractivity contribution in [2.45, 2.75) is 118 Å². The Labute approximate surface area is 198 Å². The Morgan fingerprint density at radius 3 is 2.38 bits per heavy atom. The number of hydrogen-bond acceptors (Lipinski definition) is 2. The minimum Gasteiger partial charge on any atom is -0.392 e. The first-order valence-corrected chi connectivity index (χ1v) is 13.5. The molecule has 32 heavy (non-hydrogen) atoms. The molecule has 0 saturated heterocycles. The zero-order chi connectivity index (χ0) is 23.7. The molecule has 0 heterocycles. The molecule has 2 heteroatoms. The highest BCUT2D eigenvalue weighted by molar-refractivity contribution is 5.30. The molecule has 3 fully saturated rings. The van der Waals surface area contributed by atoms with Crippen LogP contribution >= 0.6 is 0 Å². The van der Waals surface area contributed by atoms with E-state index in [4.69, 9.17) is 0 Å². The van der Waals surface area contributed by atoms with Crippen LogP contribution < -0.4 is 0 Å². The summed E-state index contributed by atoms with van der Waals surface area (Å²) in [6, 6.07) is 0. The Morgan fingerprint density at radius 1 is 1.03 bits per heavy atom. The lowest BCUT2D eigenvalue weighted by Crippen LogP contribution is -2.59. The standard InChI is InChI=1S/C30H50O2/c1-19(2)24(31)12-9-20(3)21-15-16-30(8)25-13-10-22-23(11-14-26(32)27(22,4)5)28(25,6)17-18-29(21,30)7/h10,20-21,23-26,31-32H,1,9,11-18H2,2-8H3/t20-,21-,23+,24?,25-,26-,28-,29-,30+/m0/s1. The monoisotopic (exact) mass is 442 g/mol. The first-order valence-electron chi connectivity index (χ1n) is 13.5. The van der Waals surface area contributed by atoms with Crippen molar-refractivity contribution in [3.63, 3.8) is 0 Å². The van der Waals surface area contributed by atoms with Gasteiger partial charge < -0.3 is 10.2 Å². The molecule has 0 aromatic carbocycles. The van der Waals surface area contributed by atoms with Crippen molar-refractivity contribution in [1.82, 2.24) is 0 Å². The molecule has 2 nitrogen and oxygen atoms in total. The molecule has 2 N–H and O–H groups in total. The SMILES string of the molecule is C=C(C)C(O)CC[C@H](C)[C@@H]1CC[C@]2(C)[C@H]3CC=C4[C@@H](CC[C@H](O)C4(C)C)[C@]3(C)CC[C@@]12C. The summed E-state index contributed by atoms with van der Waals surface area (Å²) < 4.78 is 0. The molecule has 4 rings (SSSR count). The number of fused-ring (bicyclic) bond motifs is 5. The second kappa shape index (κ2) is 7.98. The van der Waals surface area contributed by atoms with Crippen molar-refractivity contribution in [3.05, 3.63) is 23.8 Å². The molecule has 182 valence electrons. The highest BCUT2D eigenvalue weighted by Crippen LogP contribution is 2.74. The van der Waals surface area contributed by atoms with Gasteiger partial charge in [-0.05, 0) is 105 Å². The van der Waals surface area contributed by atoms with Gasteiger partial charge in [-0.3, -0.25) is 0 Å². The highest BCUT2D eigenvalue weighted by Gasteiger charge is 2.67. The minimum atomic E-state index is -0.348. The first-order chi connectivity index (χ1) is 14.8. The topological polar surface area (TPSA) is 40.5 Å². The number of aliphatic hydroxyl groups excluding tert-OH is 2. The van der Waals surface area contributed by atoms with Gasteiger partial charge in [0.25, 0.3) is 0 Å². The van der Waals surface area contributed by atoms with Crippen LogP contribution in [0.1, 0.15) is 106 Å². The van der Waals surface area contributed by atoms with E-state index in [2.05, 4.69) is 54.2 Å². The maximum Gasteiger partial charge on any atom is 0.0744 e. The molecule has 0 bridgehead atoms. The van der Waals surface area contributed by atoms with E-state index in [1.807, 2.05) is 6.92 Å². The van der Waals surface area contributed by atoms with E-state index < -0.39 is 0 Å². The van der Waals surface area contributed by atoms with Crippen LogP contribution in [-0.2, 0) is 0 Å². The fraction of sp³-hybridized carbons (Fsp3) is 0.867. The summed E-state index contributed by atoms with van der Waals surface area (Å²) in [7, 11) is 0. The second-order valence-electron chi connectivity index (χ2n) is 13.7. The molecule has 3 saturated carbocycles. The van der Waals surface area contributed by atoms with Crippen LogP contribution in [0.25, 0.3) is 0 Å². The van der Waals surface area contributed by atoms with Gasteiger partial charge in [-0.1, -0.05) is 65.3 Å². The Kier molecular flexibility index (Phi) is 6.11. The summed E-state index contributed by atoms with van der Waals surface area (Å²) in [5, 5.41) is 21.1. The van der Waals surface area contributed by atoms with Crippen LogP contribution in [0.15, 0.2) is 23.8 Å². The molecule has 0 aromatic heterocycles. The highest BCUT2D eigenvalue weighted by atomic mass is 16.3. The summed E-state index contributed by atoms with van der Waals surface area (Å²) in [5.41, 5.74) is 3.53. The molecule has 0 amide bonds. The van der Waals surface area contributed by atoms with E-state index in [1.165, 1.54) is 32.1 Å². The Morgan fingerprint density at radius 2 is 1.72 bits per heavy atom. The van der Waals surface area contributed by atoms with Gasteiger partial charge >= 0.3 is 0 Å². The van der Waals surface area contributed by atoms with E-state index in [-0.39, 0.29) is 17.6 Å². The van der Waals surface area contributed by atoms with E-state index >= 15 is 0 Å².